The molecular formula is C10H9N3O2. The summed E-state index contributed by atoms with van der Waals surface area (Å²) in [5.74, 6) is -1.01. The van der Waals surface area contributed by atoms with E-state index >= 15 is 0 Å². The molecule has 0 amide bonds. The van der Waals surface area contributed by atoms with Gasteiger partial charge in [0.05, 0.1) is 23.8 Å². The summed E-state index contributed by atoms with van der Waals surface area (Å²) in [6.07, 6.45) is 3.02. The first-order chi connectivity index (χ1) is 7.20. The molecule has 5 nitrogen and oxygen atoms in total. The molecule has 15 heavy (non-hydrogen) atoms. The van der Waals surface area contributed by atoms with E-state index in [4.69, 9.17) is 10.8 Å². The fourth-order valence-corrected chi connectivity index (χ4v) is 1.44. The minimum Gasteiger partial charge on any atom is -0.478 e. The zero-order valence-corrected chi connectivity index (χ0v) is 7.77. The average Bonchev–Trinajstić information content (AvgIpc) is 2.70. The third-order valence-electron chi connectivity index (χ3n) is 2.09. The molecule has 0 atom stereocenters. The van der Waals surface area contributed by atoms with Crippen molar-refractivity contribution in [3.63, 3.8) is 0 Å². The molecule has 1 aromatic heterocycles. The number of carbonyl (C=O) groups is 1. The molecule has 5 heteroatoms. The molecule has 0 unspecified atom stereocenters. The summed E-state index contributed by atoms with van der Waals surface area (Å²) in [7, 11) is 0. The number of nitrogens with zero attached hydrogens (tertiary/aromatic N) is 1. The van der Waals surface area contributed by atoms with Crippen molar-refractivity contribution in [2.45, 2.75) is 0 Å². The number of imidazole rings is 1. The Morgan fingerprint density at radius 3 is 2.87 bits per heavy atom. The molecule has 0 aliphatic heterocycles. The van der Waals surface area contributed by atoms with E-state index in [1.807, 2.05) is 0 Å². The summed E-state index contributed by atoms with van der Waals surface area (Å²) in [5, 5.41) is 9.00. The predicted octanol–water partition coefficient (Wildman–Crippen LogP) is 1.36. The fraction of sp³-hybridized carbons (Fsp3) is 0. The van der Waals surface area contributed by atoms with Crippen molar-refractivity contribution in [3.05, 3.63) is 36.3 Å². The second kappa shape index (κ2) is 3.45. The summed E-state index contributed by atoms with van der Waals surface area (Å²) < 4.78 is 0. The van der Waals surface area contributed by atoms with Gasteiger partial charge in [-0.05, 0) is 12.1 Å². The van der Waals surface area contributed by atoms with E-state index in [0.717, 1.165) is 0 Å². The number of H-pyrrole nitrogens is 1. The molecule has 0 aliphatic carbocycles. The first-order valence-corrected chi connectivity index (χ1v) is 4.30. The Kier molecular flexibility index (Phi) is 2.13. The van der Waals surface area contributed by atoms with Crippen molar-refractivity contribution >= 4 is 11.7 Å². The molecule has 2 rings (SSSR count). The Balaban J connectivity index is 2.68. The number of hydrogen-bond acceptors (Lipinski definition) is 3. The molecule has 0 aliphatic rings. The van der Waals surface area contributed by atoms with Crippen LogP contribution in [0.3, 0.4) is 0 Å². The van der Waals surface area contributed by atoms with Crippen molar-refractivity contribution < 1.29 is 9.90 Å². The van der Waals surface area contributed by atoms with Crippen LogP contribution >= 0.6 is 0 Å². The Bertz CT molecular complexity index is 491. The van der Waals surface area contributed by atoms with E-state index in [2.05, 4.69) is 9.97 Å². The smallest absolute Gasteiger partial charge is 0.336 e. The standard InChI is InChI=1S/C10H9N3O2/c11-7-3-1-2-6(10(14)15)9(7)8-4-12-5-13-8/h1-5H,11H2,(H,12,13)(H,14,15). The van der Waals surface area contributed by atoms with Crippen LogP contribution in [-0.4, -0.2) is 21.0 Å². The Labute approximate surface area is 85.6 Å². The van der Waals surface area contributed by atoms with Gasteiger partial charge in [-0.1, -0.05) is 6.07 Å². The Morgan fingerprint density at radius 2 is 2.27 bits per heavy atom. The number of nitrogens with two attached hydrogens (primary N) is 1. The third kappa shape index (κ3) is 1.54. The number of aromatic carboxylic acids is 1. The molecule has 0 bridgehead atoms. The first-order valence-electron chi connectivity index (χ1n) is 4.30. The second-order valence-electron chi connectivity index (χ2n) is 3.04. The average molecular weight is 203 g/mol. The van der Waals surface area contributed by atoms with Gasteiger partial charge in [-0.2, -0.15) is 0 Å². The number of rotatable bonds is 2. The highest BCUT2D eigenvalue weighted by Gasteiger charge is 2.14. The van der Waals surface area contributed by atoms with Crippen molar-refractivity contribution in [2.75, 3.05) is 5.73 Å². The molecule has 76 valence electrons. The highest BCUT2D eigenvalue weighted by atomic mass is 16.4. The summed E-state index contributed by atoms with van der Waals surface area (Å²) in [6, 6.07) is 4.77. The molecule has 0 saturated heterocycles. The SMILES string of the molecule is Nc1cccc(C(=O)O)c1-c1cnc[nH]1. The lowest BCUT2D eigenvalue weighted by Gasteiger charge is -2.06. The monoisotopic (exact) mass is 203 g/mol. The van der Waals surface area contributed by atoms with Gasteiger partial charge < -0.3 is 15.8 Å². The zero-order valence-electron chi connectivity index (χ0n) is 7.77. The normalized spacial score (nSPS) is 10.1. The van der Waals surface area contributed by atoms with Crippen molar-refractivity contribution in [3.8, 4) is 11.3 Å². The number of carboxylic acid groups (broad SMARTS) is 1. The van der Waals surface area contributed by atoms with Crippen LogP contribution in [0.25, 0.3) is 11.3 Å². The van der Waals surface area contributed by atoms with Crippen LogP contribution in [0.2, 0.25) is 0 Å². The Morgan fingerprint density at radius 1 is 1.47 bits per heavy atom. The number of benzene rings is 1. The van der Waals surface area contributed by atoms with Crippen LogP contribution in [0.15, 0.2) is 30.7 Å². The van der Waals surface area contributed by atoms with Gasteiger partial charge in [0.15, 0.2) is 0 Å². The van der Waals surface area contributed by atoms with Crippen LogP contribution < -0.4 is 5.73 Å². The second-order valence-corrected chi connectivity index (χ2v) is 3.04. The van der Waals surface area contributed by atoms with Gasteiger partial charge in [-0.15, -0.1) is 0 Å². The largest absolute Gasteiger partial charge is 0.478 e. The summed E-state index contributed by atoms with van der Waals surface area (Å²) in [6.45, 7) is 0. The highest BCUT2D eigenvalue weighted by Crippen LogP contribution is 2.27. The van der Waals surface area contributed by atoms with Crippen LogP contribution in [0.5, 0.6) is 0 Å². The van der Waals surface area contributed by atoms with E-state index < -0.39 is 5.97 Å². The van der Waals surface area contributed by atoms with Crippen LogP contribution in [0, 0.1) is 0 Å². The van der Waals surface area contributed by atoms with Crippen LogP contribution in [-0.2, 0) is 0 Å². The molecule has 0 spiro atoms. The van der Waals surface area contributed by atoms with Crippen LogP contribution in [0.4, 0.5) is 5.69 Å². The third-order valence-corrected chi connectivity index (χ3v) is 2.09. The number of hydrogen-bond donors (Lipinski definition) is 3. The molecular weight excluding hydrogens is 194 g/mol. The van der Waals surface area contributed by atoms with Gasteiger partial charge in [0.25, 0.3) is 0 Å². The number of aromatic nitrogens is 2. The highest BCUT2D eigenvalue weighted by molar-refractivity contribution is 5.98. The molecule has 0 fully saturated rings. The molecule has 0 radical (unpaired) electrons. The van der Waals surface area contributed by atoms with E-state index in [0.29, 0.717) is 16.9 Å². The lowest BCUT2D eigenvalue weighted by atomic mass is 10.0. The van der Waals surface area contributed by atoms with Gasteiger partial charge in [0.2, 0.25) is 0 Å². The van der Waals surface area contributed by atoms with E-state index in [-0.39, 0.29) is 5.56 Å². The summed E-state index contributed by atoms with van der Waals surface area (Å²) in [4.78, 5) is 17.7. The number of nitrogens with one attached hydrogen (secondary N) is 1. The minimum atomic E-state index is -1.01. The maximum absolute atomic E-state index is 11.0. The number of nitrogen functional groups attached to an aromatic ring is 1. The molecule has 1 aromatic carbocycles. The maximum atomic E-state index is 11.0. The van der Waals surface area contributed by atoms with E-state index in [9.17, 15) is 4.79 Å². The molecule has 2 aromatic rings. The minimum absolute atomic E-state index is 0.166. The summed E-state index contributed by atoms with van der Waals surface area (Å²) >= 11 is 0. The fourth-order valence-electron chi connectivity index (χ4n) is 1.44. The van der Waals surface area contributed by atoms with Gasteiger partial charge in [-0.3, -0.25) is 0 Å². The van der Waals surface area contributed by atoms with Gasteiger partial charge in [-0.25, -0.2) is 9.78 Å². The molecule has 0 saturated carbocycles. The van der Waals surface area contributed by atoms with Crippen molar-refractivity contribution in [1.82, 2.24) is 9.97 Å². The molecule has 4 N–H and O–H groups in total. The van der Waals surface area contributed by atoms with E-state index in [1.54, 1.807) is 12.1 Å². The quantitative estimate of drug-likeness (QED) is 0.642. The molecule has 1 heterocycles. The Hall–Kier alpha value is -2.30. The van der Waals surface area contributed by atoms with Crippen molar-refractivity contribution in [2.24, 2.45) is 0 Å². The van der Waals surface area contributed by atoms with Gasteiger partial charge >= 0.3 is 5.97 Å². The zero-order chi connectivity index (χ0) is 10.8. The lowest BCUT2D eigenvalue weighted by molar-refractivity contribution is 0.0697. The summed E-state index contributed by atoms with van der Waals surface area (Å²) in [5.41, 5.74) is 7.40. The van der Waals surface area contributed by atoms with Crippen LogP contribution in [0.1, 0.15) is 10.4 Å². The lowest BCUT2D eigenvalue weighted by Crippen LogP contribution is -2.02. The number of aromatic amines is 1. The number of anilines is 1. The predicted molar refractivity (Wildman–Crippen MR) is 55.4 cm³/mol. The maximum Gasteiger partial charge on any atom is 0.336 e. The van der Waals surface area contributed by atoms with E-state index in [1.165, 1.54) is 18.6 Å². The van der Waals surface area contributed by atoms with Gasteiger partial charge in [0.1, 0.15) is 0 Å². The van der Waals surface area contributed by atoms with Gasteiger partial charge in [0, 0.05) is 11.3 Å². The van der Waals surface area contributed by atoms with Crippen molar-refractivity contribution in [1.29, 1.82) is 0 Å². The first kappa shape index (κ1) is 9.26. The topological polar surface area (TPSA) is 92.0 Å². The number of carboxylic acids is 1.